The zero-order valence-electron chi connectivity index (χ0n) is 22.8. The first-order chi connectivity index (χ1) is 17.8. The number of phosphoric ester groups is 1. The average molecular weight is 549 g/mol. The van der Waals surface area contributed by atoms with Gasteiger partial charge in [0.05, 0.1) is 13.0 Å². The number of ether oxygens (including phenoxy) is 2. The summed E-state index contributed by atoms with van der Waals surface area (Å²) in [5.41, 5.74) is 0. The third-order valence-corrected chi connectivity index (χ3v) is 6.80. The normalized spacial score (nSPS) is 14.8. The number of carboxylic acids is 1. The quantitative estimate of drug-likeness (QED) is 0.0522. The summed E-state index contributed by atoms with van der Waals surface area (Å²) in [5.74, 6) is -1.56. The van der Waals surface area contributed by atoms with Gasteiger partial charge in [0.15, 0.2) is 0 Å². The molecule has 0 amide bonds. The molecule has 0 saturated heterocycles. The van der Waals surface area contributed by atoms with Crippen LogP contribution < -0.4 is 0 Å². The highest BCUT2D eigenvalue weighted by Crippen LogP contribution is 2.45. The van der Waals surface area contributed by atoms with E-state index in [1.807, 2.05) is 0 Å². The standard InChI is InChI=1S/C27H49O9P/c1-4-6-7-8-9-10-11-12-13-14-15-16-17-18-19-20-27(30)34-23-25(33-3)24(5-2)36-37(31,32)35-22-21-26(28)29/h5,12-13,24-25H,2,4,6-11,14-23H2,1,3H3,(H,28,29)(H,31,32)/b13-12-/t24-,25?/m0/s1. The van der Waals surface area contributed by atoms with E-state index in [9.17, 15) is 19.0 Å². The number of phosphoric acid groups is 1. The van der Waals surface area contributed by atoms with E-state index in [0.717, 1.165) is 38.5 Å². The number of unbranched alkanes of at least 4 members (excludes halogenated alkanes) is 11. The highest BCUT2D eigenvalue weighted by molar-refractivity contribution is 7.47. The van der Waals surface area contributed by atoms with Gasteiger partial charge in [0.25, 0.3) is 0 Å². The van der Waals surface area contributed by atoms with Crippen molar-refractivity contribution in [3.05, 3.63) is 24.8 Å². The second-order valence-electron chi connectivity index (χ2n) is 9.04. The Morgan fingerprint density at radius 1 is 0.919 bits per heavy atom. The minimum Gasteiger partial charge on any atom is -0.481 e. The van der Waals surface area contributed by atoms with Crippen LogP contribution in [0.2, 0.25) is 0 Å². The SMILES string of the molecule is C=C[C@H](OP(=O)(O)OCCC(=O)O)C(COC(=O)CCCCCCC/C=C\CCCCCCCC)OC. The van der Waals surface area contributed by atoms with Crippen LogP contribution in [0.25, 0.3) is 0 Å². The minimum absolute atomic E-state index is 0.188. The van der Waals surface area contributed by atoms with E-state index in [0.29, 0.717) is 0 Å². The van der Waals surface area contributed by atoms with Crippen molar-refractivity contribution >= 4 is 19.8 Å². The Kier molecular flexibility index (Phi) is 22.6. The van der Waals surface area contributed by atoms with Crippen LogP contribution in [0.3, 0.4) is 0 Å². The summed E-state index contributed by atoms with van der Waals surface area (Å²) < 4.78 is 32.1. The van der Waals surface area contributed by atoms with Gasteiger partial charge in [0.1, 0.15) is 18.8 Å². The predicted octanol–water partition coefficient (Wildman–Crippen LogP) is 6.75. The lowest BCUT2D eigenvalue weighted by Gasteiger charge is -2.24. The van der Waals surface area contributed by atoms with Crippen molar-refractivity contribution in [1.29, 1.82) is 0 Å². The third kappa shape index (κ3) is 22.2. The van der Waals surface area contributed by atoms with Crippen molar-refractivity contribution in [1.82, 2.24) is 0 Å². The van der Waals surface area contributed by atoms with Crippen LogP contribution in [-0.4, -0.2) is 54.5 Å². The number of methoxy groups -OCH3 is 1. The molecule has 3 atom stereocenters. The topological polar surface area (TPSA) is 129 Å². The number of esters is 1. The van der Waals surface area contributed by atoms with Crippen LogP contribution in [0.15, 0.2) is 24.8 Å². The molecule has 216 valence electrons. The number of aliphatic carboxylic acids is 1. The van der Waals surface area contributed by atoms with Gasteiger partial charge < -0.3 is 19.5 Å². The van der Waals surface area contributed by atoms with Crippen molar-refractivity contribution in [2.75, 3.05) is 20.3 Å². The first kappa shape index (κ1) is 35.5. The van der Waals surface area contributed by atoms with Crippen molar-refractivity contribution in [3.8, 4) is 0 Å². The van der Waals surface area contributed by atoms with Crippen LogP contribution in [0.5, 0.6) is 0 Å². The van der Waals surface area contributed by atoms with E-state index in [-0.39, 0.29) is 19.0 Å². The van der Waals surface area contributed by atoms with Gasteiger partial charge in [-0.25, -0.2) is 4.57 Å². The fraction of sp³-hybridized carbons (Fsp3) is 0.778. The van der Waals surface area contributed by atoms with Gasteiger partial charge in [0.2, 0.25) is 0 Å². The molecular formula is C27H49O9P. The lowest BCUT2D eigenvalue weighted by molar-refractivity contribution is -0.149. The van der Waals surface area contributed by atoms with E-state index in [1.165, 1.54) is 58.1 Å². The molecule has 0 rings (SSSR count). The number of hydrogen-bond donors (Lipinski definition) is 2. The molecule has 0 aromatic heterocycles. The minimum atomic E-state index is -4.54. The molecule has 0 aliphatic heterocycles. The molecule has 0 aliphatic carbocycles. The smallest absolute Gasteiger partial charge is 0.472 e. The van der Waals surface area contributed by atoms with Gasteiger partial charge in [-0.15, -0.1) is 6.58 Å². The highest BCUT2D eigenvalue weighted by atomic mass is 31.2. The van der Waals surface area contributed by atoms with E-state index >= 15 is 0 Å². The summed E-state index contributed by atoms with van der Waals surface area (Å²) in [6.07, 6.45) is 19.0. The summed E-state index contributed by atoms with van der Waals surface area (Å²) in [6, 6.07) is 0. The van der Waals surface area contributed by atoms with Crippen LogP contribution in [-0.2, 0) is 32.7 Å². The van der Waals surface area contributed by atoms with Crippen molar-refractivity contribution in [2.24, 2.45) is 0 Å². The van der Waals surface area contributed by atoms with Gasteiger partial charge in [-0.3, -0.25) is 18.6 Å². The molecular weight excluding hydrogens is 499 g/mol. The van der Waals surface area contributed by atoms with E-state index < -0.39 is 39.0 Å². The number of hydrogen-bond acceptors (Lipinski definition) is 7. The summed E-state index contributed by atoms with van der Waals surface area (Å²) in [7, 11) is -3.20. The predicted molar refractivity (Wildman–Crippen MR) is 144 cm³/mol. The van der Waals surface area contributed by atoms with Crippen LogP contribution >= 0.6 is 7.82 Å². The Balaban J connectivity index is 3.94. The molecule has 0 radical (unpaired) electrons. The van der Waals surface area contributed by atoms with Crippen LogP contribution in [0, 0.1) is 0 Å². The average Bonchev–Trinajstić information content (AvgIpc) is 2.85. The lowest BCUT2D eigenvalue weighted by Crippen LogP contribution is -2.33. The Morgan fingerprint density at radius 3 is 2.03 bits per heavy atom. The monoisotopic (exact) mass is 548 g/mol. The molecule has 10 heteroatoms. The van der Waals surface area contributed by atoms with Gasteiger partial charge >= 0.3 is 19.8 Å². The van der Waals surface area contributed by atoms with Crippen molar-refractivity contribution in [2.45, 2.75) is 115 Å². The molecule has 0 aromatic carbocycles. The van der Waals surface area contributed by atoms with Crippen LogP contribution in [0.1, 0.15) is 103 Å². The highest BCUT2D eigenvalue weighted by Gasteiger charge is 2.31. The first-order valence-electron chi connectivity index (χ1n) is 13.6. The van der Waals surface area contributed by atoms with Gasteiger partial charge in [0, 0.05) is 13.5 Å². The largest absolute Gasteiger partial charge is 0.481 e. The fourth-order valence-electron chi connectivity index (χ4n) is 3.58. The van der Waals surface area contributed by atoms with Crippen LogP contribution in [0.4, 0.5) is 0 Å². The maximum atomic E-state index is 12.1. The van der Waals surface area contributed by atoms with Crippen molar-refractivity contribution < 1.29 is 42.7 Å². The summed E-state index contributed by atoms with van der Waals surface area (Å²) >= 11 is 0. The summed E-state index contributed by atoms with van der Waals surface area (Å²) in [6.45, 7) is 5.10. The second-order valence-corrected chi connectivity index (χ2v) is 10.4. The summed E-state index contributed by atoms with van der Waals surface area (Å²) in [4.78, 5) is 32.3. The first-order valence-corrected chi connectivity index (χ1v) is 15.1. The molecule has 37 heavy (non-hydrogen) atoms. The molecule has 0 aliphatic rings. The molecule has 2 unspecified atom stereocenters. The molecule has 0 saturated carbocycles. The number of carboxylic acid groups (broad SMARTS) is 1. The Hall–Kier alpha value is -1.51. The molecule has 2 N–H and O–H groups in total. The number of allylic oxidation sites excluding steroid dienone is 2. The number of carbonyl (C=O) groups is 2. The maximum absolute atomic E-state index is 12.1. The van der Waals surface area contributed by atoms with Gasteiger partial charge in [-0.2, -0.15) is 0 Å². The molecule has 0 fully saturated rings. The molecule has 0 bridgehead atoms. The molecule has 0 heterocycles. The fourth-order valence-corrected chi connectivity index (χ4v) is 4.49. The zero-order valence-corrected chi connectivity index (χ0v) is 23.7. The molecule has 0 spiro atoms. The van der Waals surface area contributed by atoms with Crippen molar-refractivity contribution in [3.63, 3.8) is 0 Å². The second kappa shape index (κ2) is 23.6. The van der Waals surface area contributed by atoms with E-state index in [4.69, 9.17) is 19.1 Å². The Morgan fingerprint density at radius 2 is 1.49 bits per heavy atom. The molecule has 9 nitrogen and oxygen atoms in total. The molecule has 0 aromatic rings. The lowest BCUT2D eigenvalue weighted by atomic mass is 10.1. The maximum Gasteiger partial charge on any atom is 0.472 e. The number of rotatable bonds is 26. The summed E-state index contributed by atoms with van der Waals surface area (Å²) in [5, 5.41) is 8.59. The van der Waals surface area contributed by atoms with E-state index in [2.05, 4.69) is 30.2 Å². The number of carbonyl (C=O) groups excluding carboxylic acids is 1. The zero-order chi connectivity index (χ0) is 27.8. The van der Waals surface area contributed by atoms with Gasteiger partial charge in [-0.05, 0) is 32.1 Å². The third-order valence-electron chi connectivity index (χ3n) is 5.78. The van der Waals surface area contributed by atoms with Gasteiger partial charge in [-0.1, -0.05) is 76.5 Å². The Bertz CT molecular complexity index is 681. The Labute approximate surface area is 223 Å². The van der Waals surface area contributed by atoms with E-state index in [1.54, 1.807) is 0 Å².